The highest BCUT2D eigenvalue weighted by molar-refractivity contribution is 5.74. The number of fused-ring (bicyclic) bond motifs is 1. The fourth-order valence-corrected chi connectivity index (χ4v) is 4.56. The fraction of sp³-hybridized carbons (Fsp3) is 0.320. The van der Waals surface area contributed by atoms with E-state index in [0.29, 0.717) is 23.7 Å². The maximum Gasteiger partial charge on any atom is 0.329 e. The number of piperazine rings is 1. The Bertz CT molecular complexity index is 1450. The molecule has 1 aliphatic heterocycles. The van der Waals surface area contributed by atoms with Crippen molar-refractivity contribution in [3.63, 3.8) is 0 Å². The van der Waals surface area contributed by atoms with Crippen molar-refractivity contribution in [2.45, 2.75) is 20.0 Å². The lowest BCUT2D eigenvalue weighted by Gasteiger charge is -2.35. The summed E-state index contributed by atoms with van der Waals surface area (Å²) in [5, 5.41) is 0. The Morgan fingerprint density at radius 3 is 2.41 bits per heavy atom. The Hall–Kier alpha value is -3.72. The molecule has 0 atom stereocenters. The first kappa shape index (κ1) is 22.1. The molecule has 1 N–H and O–H groups in total. The maximum absolute atomic E-state index is 13.4. The number of rotatable bonds is 5. The highest BCUT2D eigenvalue weighted by Crippen LogP contribution is 2.23. The van der Waals surface area contributed by atoms with Crippen molar-refractivity contribution in [1.29, 1.82) is 0 Å². The van der Waals surface area contributed by atoms with Crippen molar-refractivity contribution in [1.82, 2.24) is 24.0 Å². The van der Waals surface area contributed by atoms with Crippen molar-refractivity contribution in [3.05, 3.63) is 91.9 Å². The van der Waals surface area contributed by atoms with Crippen LogP contribution in [0.25, 0.3) is 11.2 Å². The molecule has 1 fully saturated rings. The minimum Gasteiger partial charge on any atom is -0.340 e. The summed E-state index contributed by atoms with van der Waals surface area (Å²) in [5.41, 5.74) is 3.08. The summed E-state index contributed by atoms with van der Waals surface area (Å²) in [6.07, 6.45) is 0. The quantitative estimate of drug-likeness (QED) is 0.492. The van der Waals surface area contributed by atoms with Crippen LogP contribution in [-0.2, 0) is 20.1 Å². The highest BCUT2D eigenvalue weighted by Gasteiger charge is 2.25. The number of nitrogens with one attached hydrogen (secondary N) is 1. The number of hydrogen-bond donors (Lipinski definition) is 1. The van der Waals surface area contributed by atoms with Crippen LogP contribution in [0.3, 0.4) is 0 Å². The number of imidazole rings is 1. The predicted molar refractivity (Wildman–Crippen MR) is 130 cm³/mol. The first-order chi connectivity index (χ1) is 16.4. The maximum atomic E-state index is 13.4. The van der Waals surface area contributed by atoms with Gasteiger partial charge in [-0.15, -0.1) is 0 Å². The molecule has 9 heteroatoms. The average Bonchev–Trinajstić information content (AvgIpc) is 3.19. The third kappa shape index (κ3) is 4.26. The molecule has 176 valence electrons. The van der Waals surface area contributed by atoms with E-state index in [2.05, 4.69) is 46.0 Å². The van der Waals surface area contributed by atoms with E-state index in [-0.39, 0.29) is 5.82 Å². The van der Waals surface area contributed by atoms with Gasteiger partial charge < -0.3 is 4.90 Å². The SMILES string of the molecule is Cc1cccc(CN2CCN(c3nc4c(c(=O)[nH]c(=O)n4C)n3Cc3ccc(F)cc3)CC2)c1. The third-order valence-corrected chi connectivity index (χ3v) is 6.38. The highest BCUT2D eigenvalue weighted by atomic mass is 19.1. The van der Waals surface area contributed by atoms with Crippen LogP contribution in [0.5, 0.6) is 0 Å². The van der Waals surface area contributed by atoms with E-state index in [9.17, 15) is 14.0 Å². The molecule has 0 radical (unpaired) electrons. The van der Waals surface area contributed by atoms with Crippen molar-refractivity contribution >= 4 is 17.1 Å². The summed E-state index contributed by atoms with van der Waals surface area (Å²) in [7, 11) is 1.60. The van der Waals surface area contributed by atoms with Crippen LogP contribution >= 0.6 is 0 Å². The van der Waals surface area contributed by atoms with Crippen molar-refractivity contribution in [3.8, 4) is 0 Å². The number of anilines is 1. The van der Waals surface area contributed by atoms with Crippen molar-refractivity contribution < 1.29 is 4.39 Å². The lowest BCUT2D eigenvalue weighted by Crippen LogP contribution is -2.47. The van der Waals surface area contributed by atoms with Crippen LogP contribution in [0, 0.1) is 12.7 Å². The van der Waals surface area contributed by atoms with Gasteiger partial charge in [0.25, 0.3) is 5.56 Å². The van der Waals surface area contributed by atoms with E-state index in [0.717, 1.165) is 38.3 Å². The second-order valence-corrected chi connectivity index (χ2v) is 8.87. The molecule has 34 heavy (non-hydrogen) atoms. The standard InChI is InChI=1S/C25H27FN6O2/c1-17-4-3-5-19(14-17)15-30-10-12-31(13-11-30)24-27-22-21(23(33)28-25(34)29(22)2)32(24)16-18-6-8-20(26)9-7-18/h3-9,14H,10-13,15-16H2,1-2H3,(H,28,33,34). The molecule has 5 rings (SSSR count). The second-order valence-electron chi connectivity index (χ2n) is 8.87. The molecular formula is C25H27FN6O2. The number of aromatic amines is 1. The molecule has 1 aliphatic rings. The Balaban J connectivity index is 1.46. The van der Waals surface area contributed by atoms with Crippen molar-refractivity contribution in [2.24, 2.45) is 7.05 Å². The molecule has 3 heterocycles. The van der Waals surface area contributed by atoms with E-state index < -0.39 is 11.2 Å². The summed E-state index contributed by atoms with van der Waals surface area (Å²) in [4.78, 5) is 36.6. The number of aryl methyl sites for hydroxylation is 2. The molecule has 8 nitrogen and oxygen atoms in total. The van der Waals surface area contributed by atoms with Crippen LogP contribution in [-0.4, -0.2) is 50.2 Å². The summed E-state index contributed by atoms with van der Waals surface area (Å²) in [6.45, 7) is 6.51. The second kappa shape index (κ2) is 8.90. The van der Waals surface area contributed by atoms with Crippen LogP contribution in [0.2, 0.25) is 0 Å². The minimum absolute atomic E-state index is 0.315. The number of H-pyrrole nitrogens is 1. The number of hydrogen-bond acceptors (Lipinski definition) is 5. The van der Waals surface area contributed by atoms with Gasteiger partial charge in [-0.25, -0.2) is 9.18 Å². The van der Waals surface area contributed by atoms with Crippen LogP contribution in [0.15, 0.2) is 58.1 Å². The van der Waals surface area contributed by atoms with E-state index in [1.54, 1.807) is 19.2 Å². The molecule has 0 saturated carbocycles. The van der Waals surface area contributed by atoms with E-state index in [1.807, 2.05) is 4.57 Å². The van der Waals surface area contributed by atoms with Gasteiger partial charge in [-0.3, -0.25) is 23.8 Å². The lowest BCUT2D eigenvalue weighted by atomic mass is 10.1. The van der Waals surface area contributed by atoms with Gasteiger partial charge >= 0.3 is 5.69 Å². The summed E-state index contributed by atoms with van der Waals surface area (Å²) >= 11 is 0. The molecule has 0 bridgehead atoms. The topological polar surface area (TPSA) is 79.2 Å². The monoisotopic (exact) mass is 462 g/mol. The lowest BCUT2D eigenvalue weighted by molar-refractivity contribution is 0.248. The molecule has 4 aromatic rings. The van der Waals surface area contributed by atoms with Gasteiger partial charge in [0.1, 0.15) is 5.82 Å². The predicted octanol–water partition coefficient (Wildman–Crippen LogP) is 2.24. The number of halogens is 1. The summed E-state index contributed by atoms with van der Waals surface area (Å²) < 4.78 is 16.6. The van der Waals surface area contributed by atoms with E-state index in [4.69, 9.17) is 4.98 Å². The zero-order valence-corrected chi connectivity index (χ0v) is 19.3. The van der Waals surface area contributed by atoms with E-state index >= 15 is 0 Å². The van der Waals surface area contributed by atoms with Crippen LogP contribution < -0.4 is 16.1 Å². The molecule has 2 aromatic heterocycles. The number of benzene rings is 2. The van der Waals surface area contributed by atoms with Gasteiger partial charge in [-0.2, -0.15) is 4.98 Å². The zero-order chi connectivity index (χ0) is 23.8. The van der Waals surface area contributed by atoms with Gasteiger partial charge in [0.15, 0.2) is 11.2 Å². The van der Waals surface area contributed by atoms with Crippen molar-refractivity contribution in [2.75, 3.05) is 31.1 Å². The molecule has 1 saturated heterocycles. The third-order valence-electron chi connectivity index (χ3n) is 6.38. The van der Waals surface area contributed by atoms with Gasteiger partial charge in [-0.1, -0.05) is 42.0 Å². The molecule has 0 aliphatic carbocycles. The zero-order valence-electron chi connectivity index (χ0n) is 19.3. The number of nitrogens with zero attached hydrogens (tertiary/aromatic N) is 5. The smallest absolute Gasteiger partial charge is 0.329 e. The Kier molecular flexibility index (Phi) is 5.79. The first-order valence-electron chi connectivity index (χ1n) is 11.4. The number of aromatic nitrogens is 4. The van der Waals surface area contributed by atoms with Gasteiger partial charge in [-0.05, 0) is 30.2 Å². The molecular weight excluding hydrogens is 435 g/mol. The molecule has 0 unspecified atom stereocenters. The normalized spacial score (nSPS) is 14.7. The van der Waals surface area contributed by atoms with Crippen LogP contribution in [0.1, 0.15) is 16.7 Å². The van der Waals surface area contributed by atoms with E-state index in [1.165, 1.54) is 27.8 Å². The van der Waals surface area contributed by atoms with Crippen LogP contribution in [0.4, 0.5) is 10.3 Å². The molecule has 0 spiro atoms. The van der Waals surface area contributed by atoms with Gasteiger partial charge in [0.05, 0.1) is 6.54 Å². The average molecular weight is 463 g/mol. The largest absolute Gasteiger partial charge is 0.340 e. The van der Waals surface area contributed by atoms with Gasteiger partial charge in [0, 0.05) is 39.8 Å². The minimum atomic E-state index is -0.501. The Labute approximate surface area is 195 Å². The first-order valence-corrected chi connectivity index (χ1v) is 11.4. The van der Waals surface area contributed by atoms with Gasteiger partial charge in [0.2, 0.25) is 5.95 Å². The summed E-state index contributed by atoms with van der Waals surface area (Å²) in [6, 6.07) is 14.7. The fourth-order valence-electron chi connectivity index (χ4n) is 4.56. The molecule has 0 amide bonds. The Morgan fingerprint density at radius 1 is 0.971 bits per heavy atom. The Morgan fingerprint density at radius 2 is 1.71 bits per heavy atom. The molecule has 2 aromatic carbocycles. The summed E-state index contributed by atoms with van der Waals surface area (Å²) in [5.74, 6) is 0.325.